The summed E-state index contributed by atoms with van der Waals surface area (Å²) in [6.07, 6.45) is 3.62. The van der Waals surface area contributed by atoms with Crippen molar-refractivity contribution in [2.75, 3.05) is 13.1 Å². The highest BCUT2D eigenvalue weighted by Gasteiger charge is 2.30. The maximum absolute atomic E-state index is 10.1. The van der Waals surface area contributed by atoms with Crippen LogP contribution in [0.4, 0.5) is 0 Å². The Morgan fingerprint density at radius 2 is 2.12 bits per heavy atom. The quantitative estimate of drug-likeness (QED) is 0.786. The Bertz CT molecular complexity index is 336. The van der Waals surface area contributed by atoms with Gasteiger partial charge in [0.05, 0.1) is 12.1 Å². The molecule has 1 heterocycles. The minimum absolute atomic E-state index is 0.132. The van der Waals surface area contributed by atoms with E-state index in [4.69, 9.17) is 0 Å². The number of rotatable bonds is 3. The molecule has 1 saturated heterocycles. The van der Waals surface area contributed by atoms with Crippen molar-refractivity contribution in [1.29, 1.82) is 0 Å². The van der Waals surface area contributed by atoms with E-state index < -0.39 is 0 Å². The highest BCUT2D eigenvalue weighted by molar-refractivity contribution is 5.21. The second-order valence-electron chi connectivity index (χ2n) is 4.35. The first kappa shape index (κ1) is 11.4. The van der Waals surface area contributed by atoms with Gasteiger partial charge in [0.25, 0.3) is 0 Å². The number of nitrogens with zero attached hydrogens (tertiary/aromatic N) is 1. The predicted molar refractivity (Wildman–Crippen MR) is 66.2 cm³/mol. The number of hydrogen-bond acceptors (Lipinski definition) is 2. The van der Waals surface area contributed by atoms with Gasteiger partial charge in [-0.25, -0.2) is 0 Å². The van der Waals surface area contributed by atoms with Gasteiger partial charge >= 0.3 is 0 Å². The Kier molecular flexibility index (Phi) is 3.75. The number of piperidine rings is 1. The molecule has 1 aromatic rings. The molecule has 1 fully saturated rings. The third-order valence-corrected chi connectivity index (χ3v) is 3.21. The van der Waals surface area contributed by atoms with Gasteiger partial charge < -0.3 is 5.11 Å². The smallest absolute Gasteiger partial charge is 0.0737 e. The summed E-state index contributed by atoms with van der Waals surface area (Å²) in [5, 5.41) is 10.1. The van der Waals surface area contributed by atoms with Gasteiger partial charge in [0.15, 0.2) is 0 Å². The standard InChI is InChI=1S/C14H19NO/c1-2-10-15-11-6-9-13(16)14(15)12-7-4-3-5-8-12/h2-5,7-8,13-14,16H,1,6,9-11H2/t13-,14-/m0/s1. The lowest BCUT2D eigenvalue weighted by atomic mass is 9.92. The van der Waals surface area contributed by atoms with E-state index in [1.165, 1.54) is 5.56 Å². The summed E-state index contributed by atoms with van der Waals surface area (Å²) in [6.45, 7) is 5.67. The number of aliphatic hydroxyl groups is 1. The second kappa shape index (κ2) is 5.28. The monoisotopic (exact) mass is 217 g/mol. The molecule has 0 aromatic heterocycles. The van der Waals surface area contributed by atoms with E-state index in [0.717, 1.165) is 25.9 Å². The van der Waals surface area contributed by atoms with E-state index in [0.29, 0.717) is 0 Å². The van der Waals surface area contributed by atoms with Crippen molar-refractivity contribution >= 4 is 0 Å². The summed E-state index contributed by atoms with van der Waals surface area (Å²) in [7, 11) is 0. The van der Waals surface area contributed by atoms with Crippen molar-refractivity contribution in [3.8, 4) is 0 Å². The second-order valence-corrected chi connectivity index (χ2v) is 4.35. The van der Waals surface area contributed by atoms with Crippen LogP contribution < -0.4 is 0 Å². The van der Waals surface area contributed by atoms with Gasteiger partial charge in [-0.15, -0.1) is 6.58 Å². The fourth-order valence-electron chi connectivity index (χ4n) is 2.50. The zero-order valence-corrected chi connectivity index (χ0v) is 9.55. The zero-order chi connectivity index (χ0) is 11.4. The van der Waals surface area contributed by atoms with Gasteiger partial charge in [0.2, 0.25) is 0 Å². The van der Waals surface area contributed by atoms with E-state index in [1.54, 1.807) is 0 Å². The van der Waals surface area contributed by atoms with E-state index in [9.17, 15) is 5.11 Å². The Morgan fingerprint density at radius 3 is 2.81 bits per heavy atom. The molecule has 0 radical (unpaired) electrons. The molecule has 2 heteroatoms. The molecule has 0 aliphatic carbocycles. The molecule has 0 unspecified atom stereocenters. The molecule has 1 aromatic carbocycles. The fourth-order valence-corrected chi connectivity index (χ4v) is 2.50. The van der Waals surface area contributed by atoms with Gasteiger partial charge in [-0.3, -0.25) is 4.90 Å². The van der Waals surface area contributed by atoms with Crippen LogP contribution in [0.15, 0.2) is 43.0 Å². The lowest BCUT2D eigenvalue weighted by Gasteiger charge is -2.38. The summed E-state index contributed by atoms with van der Waals surface area (Å²) < 4.78 is 0. The average Bonchev–Trinajstić information content (AvgIpc) is 2.31. The minimum atomic E-state index is -0.254. The molecule has 1 aliphatic heterocycles. The molecule has 16 heavy (non-hydrogen) atoms. The fraction of sp³-hybridized carbons (Fsp3) is 0.429. The molecule has 0 saturated carbocycles. The maximum atomic E-state index is 10.1. The van der Waals surface area contributed by atoms with Gasteiger partial charge in [0.1, 0.15) is 0 Å². The molecule has 0 amide bonds. The maximum Gasteiger partial charge on any atom is 0.0737 e. The average molecular weight is 217 g/mol. The highest BCUT2D eigenvalue weighted by Crippen LogP contribution is 2.30. The van der Waals surface area contributed by atoms with Crippen molar-refractivity contribution in [2.24, 2.45) is 0 Å². The van der Waals surface area contributed by atoms with Crippen LogP contribution in [-0.4, -0.2) is 29.2 Å². The summed E-state index contributed by atoms with van der Waals surface area (Å²) >= 11 is 0. The van der Waals surface area contributed by atoms with E-state index >= 15 is 0 Å². The summed E-state index contributed by atoms with van der Waals surface area (Å²) in [5.74, 6) is 0. The topological polar surface area (TPSA) is 23.5 Å². The van der Waals surface area contributed by atoms with Gasteiger partial charge in [0, 0.05) is 6.54 Å². The van der Waals surface area contributed by atoms with Crippen molar-refractivity contribution in [2.45, 2.75) is 25.0 Å². The van der Waals surface area contributed by atoms with Gasteiger partial charge in [-0.2, -0.15) is 0 Å². The van der Waals surface area contributed by atoms with Gasteiger partial charge in [-0.05, 0) is 24.9 Å². The largest absolute Gasteiger partial charge is 0.391 e. The molecular formula is C14H19NO. The Balaban J connectivity index is 2.22. The summed E-state index contributed by atoms with van der Waals surface area (Å²) in [4.78, 5) is 2.30. The lowest BCUT2D eigenvalue weighted by Crippen LogP contribution is -2.41. The third-order valence-electron chi connectivity index (χ3n) is 3.21. The molecule has 2 nitrogen and oxygen atoms in total. The molecular weight excluding hydrogens is 198 g/mol. The highest BCUT2D eigenvalue weighted by atomic mass is 16.3. The Hall–Kier alpha value is -1.12. The lowest BCUT2D eigenvalue weighted by molar-refractivity contribution is 0.0160. The summed E-state index contributed by atoms with van der Waals surface area (Å²) in [5.41, 5.74) is 1.21. The molecule has 0 spiro atoms. The number of hydrogen-bond donors (Lipinski definition) is 1. The molecule has 1 N–H and O–H groups in total. The number of benzene rings is 1. The first-order valence-corrected chi connectivity index (χ1v) is 5.91. The van der Waals surface area contributed by atoms with E-state index in [1.807, 2.05) is 24.3 Å². The van der Waals surface area contributed by atoms with E-state index in [-0.39, 0.29) is 12.1 Å². The van der Waals surface area contributed by atoms with Crippen LogP contribution in [0.5, 0.6) is 0 Å². The van der Waals surface area contributed by atoms with Crippen LogP contribution in [0.2, 0.25) is 0 Å². The minimum Gasteiger partial charge on any atom is -0.391 e. The van der Waals surface area contributed by atoms with Crippen molar-refractivity contribution in [1.82, 2.24) is 4.90 Å². The third kappa shape index (κ3) is 2.34. The number of likely N-dealkylation sites (tertiary alicyclic amines) is 1. The van der Waals surface area contributed by atoms with Crippen molar-refractivity contribution in [3.05, 3.63) is 48.6 Å². The molecule has 2 rings (SSSR count). The van der Waals surface area contributed by atoms with Crippen LogP contribution in [0.3, 0.4) is 0 Å². The predicted octanol–water partition coefficient (Wildman–Crippen LogP) is 2.37. The van der Waals surface area contributed by atoms with Crippen LogP contribution in [0.1, 0.15) is 24.4 Å². The van der Waals surface area contributed by atoms with Crippen LogP contribution in [0, 0.1) is 0 Å². The first-order chi connectivity index (χ1) is 7.83. The van der Waals surface area contributed by atoms with Crippen LogP contribution in [-0.2, 0) is 0 Å². The normalized spacial score (nSPS) is 26.6. The van der Waals surface area contributed by atoms with Crippen molar-refractivity contribution in [3.63, 3.8) is 0 Å². The zero-order valence-electron chi connectivity index (χ0n) is 9.55. The number of aliphatic hydroxyl groups excluding tert-OH is 1. The molecule has 0 bridgehead atoms. The Labute approximate surface area is 97.2 Å². The first-order valence-electron chi connectivity index (χ1n) is 5.91. The van der Waals surface area contributed by atoms with E-state index in [2.05, 4.69) is 23.6 Å². The Morgan fingerprint density at radius 1 is 1.38 bits per heavy atom. The molecule has 86 valence electrons. The molecule has 2 atom stereocenters. The van der Waals surface area contributed by atoms with Crippen LogP contribution >= 0.6 is 0 Å². The SMILES string of the molecule is C=CCN1CCC[C@H](O)[C@@H]1c1ccccc1. The summed E-state index contributed by atoms with van der Waals surface area (Å²) in [6, 6.07) is 10.4. The molecule has 1 aliphatic rings. The van der Waals surface area contributed by atoms with Crippen molar-refractivity contribution < 1.29 is 5.11 Å². The van der Waals surface area contributed by atoms with Crippen LogP contribution in [0.25, 0.3) is 0 Å². The van der Waals surface area contributed by atoms with Gasteiger partial charge in [-0.1, -0.05) is 36.4 Å².